The number of methoxy groups -OCH3 is 1. The summed E-state index contributed by atoms with van der Waals surface area (Å²) in [5.74, 6) is 0.734. The Balaban J connectivity index is 1.77. The van der Waals surface area contributed by atoms with Gasteiger partial charge in [0.25, 0.3) is 0 Å². The second-order valence-electron chi connectivity index (χ2n) is 8.54. The molecule has 0 spiro atoms. The molecule has 4 rings (SSSR count). The normalized spacial score (nSPS) is 19.7. The molecule has 180 valence electrons. The summed E-state index contributed by atoms with van der Waals surface area (Å²) in [5, 5.41) is 14.1. The third-order valence-electron chi connectivity index (χ3n) is 6.64. The molecule has 2 fully saturated rings. The van der Waals surface area contributed by atoms with Gasteiger partial charge in [0, 0.05) is 43.5 Å². The molecule has 33 heavy (non-hydrogen) atoms. The number of hydrogen-bond acceptors (Lipinski definition) is 5. The third-order valence-corrected chi connectivity index (χ3v) is 7.91. The van der Waals surface area contributed by atoms with Gasteiger partial charge in [0.1, 0.15) is 17.1 Å². The molecule has 0 bridgehead atoms. The van der Waals surface area contributed by atoms with Gasteiger partial charge in [-0.1, -0.05) is 39.7 Å². The van der Waals surface area contributed by atoms with E-state index in [-0.39, 0.29) is 11.4 Å². The number of alkyl halides is 3. The minimum atomic E-state index is -4.51. The second-order valence-corrected chi connectivity index (χ2v) is 9.77. The van der Waals surface area contributed by atoms with Crippen molar-refractivity contribution in [2.24, 2.45) is 0 Å². The van der Waals surface area contributed by atoms with Crippen molar-refractivity contribution in [3.8, 4) is 5.75 Å². The van der Waals surface area contributed by atoms with Gasteiger partial charge in [0.15, 0.2) is 0 Å². The maximum Gasteiger partial charge on any atom is 0.417 e. The maximum absolute atomic E-state index is 13.5. The first kappa shape index (κ1) is 24.8. The zero-order valence-electron chi connectivity index (χ0n) is 18.4. The molecule has 0 radical (unpaired) electrons. The summed E-state index contributed by atoms with van der Waals surface area (Å²) < 4.78 is 46.9. The Morgan fingerprint density at radius 3 is 2.03 bits per heavy atom. The van der Waals surface area contributed by atoms with Crippen LogP contribution in [-0.2, 0) is 19.0 Å². The molecule has 0 aliphatic carbocycles. The molecule has 0 saturated carbocycles. The van der Waals surface area contributed by atoms with Crippen LogP contribution < -0.4 is 26.0 Å². The predicted octanol–water partition coefficient (Wildman–Crippen LogP) is 4.00. The monoisotopic (exact) mass is 546 g/mol. The van der Waals surface area contributed by atoms with Gasteiger partial charge in [-0.05, 0) is 41.8 Å². The molecule has 2 heterocycles. The van der Waals surface area contributed by atoms with Crippen molar-refractivity contribution in [1.82, 2.24) is 21.3 Å². The van der Waals surface area contributed by atoms with Gasteiger partial charge in [-0.15, -0.1) is 0 Å². The fraction of sp³-hybridized carbons (Fsp3) is 0.478. The molecule has 10 heteroatoms. The summed E-state index contributed by atoms with van der Waals surface area (Å²) >= 11 is 9.91. The lowest BCUT2D eigenvalue weighted by molar-refractivity contribution is -0.137. The number of benzene rings is 2. The molecule has 5 nitrogen and oxygen atoms in total. The quantitative estimate of drug-likeness (QED) is 0.441. The molecule has 2 aliphatic heterocycles. The van der Waals surface area contributed by atoms with E-state index in [4.69, 9.17) is 16.3 Å². The van der Waals surface area contributed by atoms with Crippen molar-refractivity contribution in [3.05, 3.63) is 62.1 Å². The largest absolute Gasteiger partial charge is 0.497 e. The molecule has 4 N–H and O–H groups in total. The average molecular weight is 548 g/mol. The Bertz CT molecular complexity index is 1020. The van der Waals surface area contributed by atoms with E-state index in [1.807, 2.05) is 19.1 Å². The highest BCUT2D eigenvalue weighted by molar-refractivity contribution is 9.10. The van der Waals surface area contributed by atoms with Gasteiger partial charge < -0.3 is 4.74 Å². The van der Waals surface area contributed by atoms with Crippen LogP contribution in [0, 0.1) is 6.92 Å². The van der Waals surface area contributed by atoms with Gasteiger partial charge in [-0.25, -0.2) is 0 Å². The van der Waals surface area contributed by atoms with E-state index in [2.05, 4.69) is 37.2 Å². The van der Waals surface area contributed by atoms with Crippen molar-refractivity contribution >= 4 is 27.5 Å². The van der Waals surface area contributed by atoms with E-state index in [0.717, 1.165) is 40.5 Å². The molecule has 2 aromatic rings. The van der Waals surface area contributed by atoms with Gasteiger partial charge >= 0.3 is 6.18 Å². The third kappa shape index (κ3) is 4.63. The molecule has 0 aromatic heterocycles. The van der Waals surface area contributed by atoms with Crippen LogP contribution >= 0.6 is 27.5 Å². The van der Waals surface area contributed by atoms with E-state index in [9.17, 15) is 13.2 Å². The Morgan fingerprint density at radius 1 is 0.970 bits per heavy atom. The summed E-state index contributed by atoms with van der Waals surface area (Å²) in [4.78, 5) is 0. The number of hydrogen-bond donors (Lipinski definition) is 4. The second kappa shape index (κ2) is 9.36. The number of rotatable bonds is 6. The van der Waals surface area contributed by atoms with Crippen LogP contribution in [0.2, 0.25) is 5.02 Å². The van der Waals surface area contributed by atoms with Crippen molar-refractivity contribution in [1.29, 1.82) is 0 Å². The zero-order chi connectivity index (χ0) is 23.9. The van der Waals surface area contributed by atoms with Crippen LogP contribution in [0.5, 0.6) is 5.75 Å². The summed E-state index contributed by atoms with van der Waals surface area (Å²) in [5.41, 5.74) is 0.330. The SMILES string of the molecule is COc1cc(Br)c(C)c(CC2(C3(Cc4cccc(C(F)(F)F)c4Cl)NCCN3)NCCN2)c1. The molecular weight excluding hydrogens is 521 g/mol. The van der Waals surface area contributed by atoms with Crippen LogP contribution in [0.3, 0.4) is 0 Å². The summed E-state index contributed by atoms with van der Waals surface area (Å²) in [6.45, 7) is 4.86. The minimum Gasteiger partial charge on any atom is -0.497 e. The summed E-state index contributed by atoms with van der Waals surface area (Å²) in [7, 11) is 1.62. The van der Waals surface area contributed by atoms with E-state index in [0.29, 0.717) is 25.1 Å². The highest BCUT2D eigenvalue weighted by Crippen LogP contribution is 2.39. The Kier molecular flexibility index (Phi) is 7.02. The van der Waals surface area contributed by atoms with Crippen LogP contribution in [-0.4, -0.2) is 44.6 Å². The lowest BCUT2D eigenvalue weighted by Gasteiger charge is -2.48. The standard InChI is InChI=1S/C23H27BrClF3N4O/c1-14-16(10-17(33-2)11-19(14)24)13-22(31-8-9-32-22)21(29-6-7-30-21)12-15-4-3-5-18(20(15)25)23(26,27)28/h3-5,10-11,29-32H,6-9,12-13H2,1-2H3. The predicted molar refractivity (Wildman–Crippen MR) is 127 cm³/mol. The topological polar surface area (TPSA) is 57.4 Å². The molecule has 2 aliphatic rings. The van der Waals surface area contributed by atoms with Crippen molar-refractivity contribution in [2.75, 3.05) is 33.3 Å². The fourth-order valence-electron chi connectivity index (χ4n) is 4.90. The molecule has 2 aromatic carbocycles. The zero-order valence-corrected chi connectivity index (χ0v) is 20.8. The van der Waals surface area contributed by atoms with Crippen LogP contribution in [0.4, 0.5) is 13.2 Å². The first-order chi connectivity index (χ1) is 15.6. The molecule has 0 atom stereocenters. The van der Waals surface area contributed by atoms with Gasteiger partial charge in [-0.2, -0.15) is 13.2 Å². The van der Waals surface area contributed by atoms with Crippen LogP contribution in [0.15, 0.2) is 34.8 Å². The first-order valence-corrected chi connectivity index (χ1v) is 12.0. The van der Waals surface area contributed by atoms with Crippen molar-refractivity contribution in [2.45, 2.75) is 37.3 Å². The number of ether oxygens (including phenoxy) is 1. The highest BCUT2D eigenvalue weighted by atomic mass is 79.9. The van der Waals surface area contributed by atoms with E-state index >= 15 is 0 Å². The Morgan fingerprint density at radius 2 is 1.52 bits per heavy atom. The molecular formula is C23H27BrClF3N4O. The molecule has 0 unspecified atom stereocenters. The van der Waals surface area contributed by atoms with E-state index in [1.54, 1.807) is 13.2 Å². The van der Waals surface area contributed by atoms with Gasteiger partial charge in [0.2, 0.25) is 0 Å². The van der Waals surface area contributed by atoms with Gasteiger partial charge in [0.05, 0.1) is 17.7 Å². The Hall–Kier alpha value is -1.36. The van der Waals surface area contributed by atoms with Gasteiger partial charge in [-0.3, -0.25) is 21.3 Å². The minimum absolute atomic E-state index is 0.256. The average Bonchev–Trinajstić information content (AvgIpc) is 3.43. The van der Waals surface area contributed by atoms with E-state index < -0.39 is 23.1 Å². The number of nitrogens with one attached hydrogen (secondary N) is 4. The molecule has 0 amide bonds. The van der Waals surface area contributed by atoms with Crippen molar-refractivity contribution < 1.29 is 17.9 Å². The summed E-state index contributed by atoms with van der Waals surface area (Å²) in [6.07, 6.45) is -3.67. The van der Waals surface area contributed by atoms with Crippen LogP contribution in [0.1, 0.15) is 22.3 Å². The lowest BCUT2D eigenvalue weighted by Crippen LogP contribution is -2.77. The lowest BCUT2D eigenvalue weighted by atomic mass is 9.81. The summed E-state index contributed by atoms with van der Waals surface area (Å²) in [6, 6.07) is 8.02. The highest BCUT2D eigenvalue weighted by Gasteiger charge is 2.54. The maximum atomic E-state index is 13.5. The first-order valence-electron chi connectivity index (χ1n) is 10.8. The van der Waals surface area contributed by atoms with Crippen molar-refractivity contribution in [3.63, 3.8) is 0 Å². The molecule has 2 saturated heterocycles. The van der Waals surface area contributed by atoms with E-state index in [1.165, 1.54) is 6.07 Å². The smallest absolute Gasteiger partial charge is 0.417 e. The van der Waals surface area contributed by atoms with Crippen LogP contribution in [0.25, 0.3) is 0 Å². The Labute approximate surface area is 204 Å². The fourth-order valence-corrected chi connectivity index (χ4v) is 5.68. The number of halogens is 5.